The third-order valence-electron chi connectivity index (χ3n) is 5.99. The quantitative estimate of drug-likeness (QED) is 0.760. The first-order valence-corrected chi connectivity index (χ1v) is 9.54. The zero-order valence-electron chi connectivity index (χ0n) is 14.9. The number of nitrogens with zero attached hydrogens (tertiary/aromatic N) is 1. The molecule has 2 heteroatoms. The molecule has 2 atom stereocenters. The van der Waals surface area contributed by atoms with Crippen LogP contribution in [0.5, 0.6) is 0 Å². The molecule has 1 heterocycles. The highest BCUT2D eigenvalue weighted by atomic mass is 15.2. The number of hydrogen-bond acceptors (Lipinski definition) is 2. The van der Waals surface area contributed by atoms with Crippen molar-refractivity contribution in [2.75, 3.05) is 19.6 Å². The molecule has 2 rings (SSSR count). The maximum atomic E-state index is 3.51. The minimum absolute atomic E-state index is 0.709. The summed E-state index contributed by atoms with van der Waals surface area (Å²) in [5.74, 6) is 2.78. The largest absolute Gasteiger partial charge is 0.317 e. The smallest absolute Gasteiger partial charge is 0.00981 e. The average molecular weight is 295 g/mol. The molecule has 124 valence electrons. The Morgan fingerprint density at radius 2 is 1.62 bits per heavy atom. The van der Waals surface area contributed by atoms with Crippen molar-refractivity contribution in [1.29, 1.82) is 0 Å². The summed E-state index contributed by atoms with van der Waals surface area (Å²) in [5, 5.41) is 3.51. The van der Waals surface area contributed by atoms with E-state index in [0.717, 1.165) is 23.8 Å². The third kappa shape index (κ3) is 5.25. The van der Waals surface area contributed by atoms with Crippen molar-refractivity contribution in [1.82, 2.24) is 10.2 Å². The van der Waals surface area contributed by atoms with E-state index in [-0.39, 0.29) is 0 Å². The highest BCUT2D eigenvalue weighted by molar-refractivity contribution is 4.83. The van der Waals surface area contributed by atoms with Gasteiger partial charge in [-0.1, -0.05) is 26.7 Å². The lowest BCUT2D eigenvalue weighted by molar-refractivity contribution is 0.104. The predicted molar refractivity (Wildman–Crippen MR) is 92.6 cm³/mol. The van der Waals surface area contributed by atoms with E-state index in [0.29, 0.717) is 6.04 Å². The first kappa shape index (κ1) is 17.3. The molecule has 0 aromatic rings. The Labute approximate surface area is 133 Å². The molecular formula is C19H38N2. The Hall–Kier alpha value is -0.0800. The standard InChI is InChI=1S/C19H38N2/c1-15(2)18-6-5-7-19(9-8-18)21(16(3)4)14-17-10-12-20-13-11-17/h15-20H,5-14H2,1-4H3. The van der Waals surface area contributed by atoms with Gasteiger partial charge in [-0.2, -0.15) is 0 Å². The summed E-state index contributed by atoms with van der Waals surface area (Å²) < 4.78 is 0. The molecule has 1 N–H and O–H groups in total. The molecule has 1 saturated carbocycles. The SMILES string of the molecule is CC(C)C1CCCC(N(CC2CCNCC2)C(C)C)CC1. The highest BCUT2D eigenvalue weighted by Crippen LogP contribution is 2.32. The van der Waals surface area contributed by atoms with Crippen LogP contribution in [0.25, 0.3) is 0 Å². The fraction of sp³-hybridized carbons (Fsp3) is 1.00. The van der Waals surface area contributed by atoms with Gasteiger partial charge in [-0.25, -0.2) is 0 Å². The maximum Gasteiger partial charge on any atom is 0.00981 e. The zero-order valence-corrected chi connectivity index (χ0v) is 14.9. The lowest BCUT2D eigenvalue weighted by Crippen LogP contribution is -2.45. The van der Waals surface area contributed by atoms with Crippen LogP contribution in [-0.2, 0) is 0 Å². The highest BCUT2D eigenvalue weighted by Gasteiger charge is 2.28. The molecule has 0 bridgehead atoms. The average Bonchev–Trinajstić information content (AvgIpc) is 2.71. The molecule has 0 radical (unpaired) electrons. The molecule has 1 saturated heterocycles. The molecule has 2 aliphatic rings. The predicted octanol–water partition coefficient (Wildman–Crippen LogP) is 4.30. The topological polar surface area (TPSA) is 15.3 Å². The summed E-state index contributed by atoms with van der Waals surface area (Å²) in [6, 6.07) is 1.56. The Bertz CT molecular complexity index is 281. The lowest BCUT2D eigenvalue weighted by atomic mass is 9.89. The third-order valence-corrected chi connectivity index (χ3v) is 5.99. The first-order chi connectivity index (χ1) is 10.1. The molecule has 0 aromatic heterocycles. The second-order valence-electron chi connectivity index (χ2n) is 8.15. The Kier molecular flexibility index (Phi) is 7.01. The van der Waals surface area contributed by atoms with Gasteiger partial charge in [-0.3, -0.25) is 4.90 Å². The molecule has 0 spiro atoms. The molecule has 0 amide bonds. The van der Waals surface area contributed by atoms with Crippen LogP contribution in [0.3, 0.4) is 0 Å². The van der Waals surface area contributed by atoms with Crippen LogP contribution in [0.4, 0.5) is 0 Å². The number of hydrogen-bond donors (Lipinski definition) is 1. The van der Waals surface area contributed by atoms with E-state index in [1.165, 1.54) is 64.6 Å². The zero-order chi connectivity index (χ0) is 15.2. The van der Waals surface area contributed by atoms with Crippen molar-refractivity contribution in [3.8, 4) is 0 Å². The van der Waals surface area contributed by atoms with Gasteiger partial charge in [-0.05, 0) is 76.8 Å². The van der Waals surface area contributed by atoms with E-state index < -0.39 is 0 Å². The molecule has 21 heavy (non-hydrogen) atoms. The van der Waals surface area contributed by atoms with E-state index in [1.807, 2.05) is 0 Å². The van der Waals surface area contributed by atoms with Crippen molar-refractivity contribution in [3.05, 3.63) is 0 Å². The van der Waals surface area contributed by atoms with Crippen LogP contribution in [0.2, 0.25) is 0 Å². The van der Waals surface area contributed by atoms with Gasteiger partial charge >= 0.3 is 0 Å². The molecule has 2 nitrogen and oxygen atoms in total. The van der Waals surface area contributed by atoms with Crippen molar-refractivity contribution < 1.29 is 0 Å². The maximum absolute atomic E-state index is 3.51. The van der Waals surface area contributed by atoms with Gasteiger partial charge in [0, 0.05) is 18.6 Å². The van der Waals surface area contributed by atoms with E-state index in [9.17, 15) is 0 Å². The number of rotatable bonds is 5. The van der Waals surface area contributed by atoms with E-state index >= 15 is 0 Å². The Morgan fingerprint density at radius 1 is 0.905 bits per heavy atom. The van der Waals surface area contributed by atoms with Crippen LogP contribution in [-0.4, -0.2) is 36.6 Å². The summed E-state index contributed by atoms with van der Waals surface area (Å²) >= 11 is 0. The van der Waals surface area contributed by atoms with Gasteiger partial charge in [0.05, 0.1) is 0 Å². The van der Waals surface area contributed by atoms with Gasteiger partial charge in [0.1, 0.15) is 0 Å². The molecular weight excluding hydrogens is 256 g/mol. The fourth-order valence-corrected chi connectivity index (χ4v) is 4.45. The molecule has 1 aliphatic carbocycles. The second kappa shape index (κ2) is 8.53. The van der Waals surface area contributed by atoms with Crippen molar-refractivity contribution in [2.24, 2.45) is 17.8 Å². The summed E-state index contributed by atoms with van der Waals surface area (Å²) in [4.78, 5) is 2.86. The summed E-state index contributed by atoms with van der Waals surface area (Å²) in [6.07, 6.45) is 10.0. The second-order valence-corrected chi connectivity index (χ2v) is 8.15. The van der Waals surface area contributed by atoms with Gasteiger partial charge < -0.3 is 5.32 Å². The summed E-state index contributed by atoms with van der Waals surface area (Å²) in [7, 11) is 0. The monoisotopic (exact) mass is 294 g/mol. The molecule has 1 aliphatic heterocycles. The lowest BCUT2D eigenvalue weighted by Gasteiger charge is -2.38. The van der Waals surface area contributed by atoms with Crippen LogP contribution < -0.4 is 5.32 Å². The fourth-order valence-electron chi connectivity index (χ4n) is 4.45. The van der Waals surface area contributed by atoms with Crippen molar-refractivity contribution in [2.45, 2.75) is 84.7 Å². The minimum Gasteiger partial charge on any atom is -0.317 e. The van der Waals surface area contributed by atoms with Gasteiger partial charge in [-0.15, -0.1) is 0 Å². The Morgan fingerprint density at radius 3 is 2.24 bits per heavy atom. The van der Waals surface area contributed by atoms with Crippen molar-refractivity contribution in [3.63, 3.8) is 0 Å². The van der Waals surface area contributed by atoms with Gasteiger partial charge in [0.2, 0.25) is 0 Å². The summed E-state index contributed by atoms with van der Waals surface area (Å²) in [5.41, 5.74) is 0. The molecule has 2 fully saturated rings. The van der Waals surface area contributed by atoms with E-state index in [1.54, 1.807) is 0 Å². The number of nitrogens with one attached hydrogen (secondary N) is 1. The van der Waals surface area contributed by atoms with E-state index in [4.69, 9.17) is 0 Å². The van der Waals surface area contributed by atoms with Crippen molar-refractivity contribution >= 4 is 0 Å². The normalized spacial score (nSPS) is 29.3. The van der Waals surface area contributed by atoms with Crippen LogP contribution in [0.15, 0.2) is 0 Å². The van der Waals surface area contributed by atoms with Crippen LogP contribution in [0.1, 0.15) is 72.6 Å². The van der Waals surface area contributed by atoms with Gasteiger partial charge in [0.15, 0.2) is 0 Å². The van der Waals surface area contributed by atoms with E-state index in [2.05, 4.69) is 37.9 Å². The minimum atomic E-state index is 0.709. The number of piperidine rings is 1. The first-order valence-electron chi connectivity index (χ1n) is 9.54. The summed E-state index contributed by atoms with van der Waals surface area (Å²) in [6.45, 7) is 13.5. The van der Waals surface area contributed by atoms with Gasteiger partial charge in [0.25, 0.3) is 0 Å². The Balaban J connectivity index is 1.90. The van der Waals surface area contributed by atoms with Crippen LogP contribution in [0, 0.1) is 17.8 Å². The molecule has 2 unspecified atom stereocenters. The molecule has 0 aromatic carbocycles. The van der Waals surface area contributed by atoms with Crippen LogP contribution >= 0.6 is 0 Å².